The number of benzene rings is 2. The zero-order valence-electron chi connectivity index (χ0n) is 11.9. The van der Waals surface area contributed by atoms with Gasteiger partial charge in [0.05, 0.1) is 0 Å². The molecule has 2 heteroatoms. The molecule has 0 aliphatic heterocycles. The van der Waals surface area contributed by atoms with E-state index in [2.05, 4.69) is 25.1 Å². The van der Waals surface area contributed by atoms with Gasteiger partial charge in [-0.1, -0.05) is 49.9 Å². The lowest BCUT2D eigenvalue weighted by atomic mass is 10.1. The normalized spacial score (nSPS) is 10.5. The topological polar surface area (TPSA) is 9.23 Å². The first kappa shape index (κ1) is 14.9. The molecule has 0 spiro atoms. The van der Waals surface area contributed by atoms with Crippen LogP contribution in [0.4, 0.5) is 0 Å². The van der Waals surface area contributed by atoms with Crippen LogP contribution < -0.4 is 4.74 Å². The van der Waals surface area contributed by atoms with Gasteiger partial charge in [0.15, 0.2) is 0 Å². The van der Waals surface area contributed by atoms with E-state index in [1.165, 1.54) is 31.2 Å². The van der Waals surface area contributed by atoms with E-state index in [1.54, 1.807) is 0 Å². The van der Waals surface area contributed by atoms with Crippen molar-refractivity contribution in [2.45, 2.75) is 39.0 Å². The smallest absolute Gasteiger partial charge is 0.127 e. The largest absolute Gasteiger partial charge is 0.457 e. The molecular formula is C18H21ClO. The summed E-state index contributed by atoms with van der Waals surface area (Å²) in [6.07, 6.45) is 6.27. The van der Waals surface area contributed by atoms with Gasteiger partial charge in [-0.3, -0.25) is 0 Å². The summed E-state index contributed by atoms with van der Waals surface area (Å²) in [5, 5.41) is 0.724. The Balaban J connectivity index is 1.93. The third-order valence-corrected chi connectivity index (χ3v) is 3.52. The Kier molecular flexibility index (Phi) is 5.94. The van der Waals surface area contributed by atoms with Crippen molar-refractivity contribution >= 4 is 11.6 Å². The maximum atomic E-state index is 5.87. The predicted molar refractivity (Wildman–Crippen MR) is 85.8 cm³/mol. The Labute approximate surface area is 126 Å². The second kappa shape index (κ2) is 7.96. The van der Waals surface area contributed by atoms with E-state index < -0.39 is 0 Å². The molecular weight excluding hydrogens is 268 g/mol. The average molecular weight is 289 g/mol. The highest BCUT2D eigenvalue weighted by atomic mass is 35.5. The monoisotopic (exact) mass is 288 g/mol. The lowest BCUT2D eigenvalue weighted by Crippen LogP contribution is -1.88. The highest BCUT2D eigenvalue weighted by molar-refractivity contribution is 6.30. The minimum Gasteiger partial charge on any atom is -0.457 e. The fourth-order valence-electron chi connectivity index (χ4n) is 2.16. The lowest BCUT2D eigenvalue weighted by molar-refractivity contribution is 0.482. The summed E-state index contributed by atoms with van der Waals surface area (Å²) in [6, 6.07) is 15.8. The van der Waals surface area contributed by atoms with Gasteiger partial charge in [0, 0.05) is 5.02 Å². The van der Waals surface area contributed by atoms with E-state index in [1.807, 2.05) is 30.3 Å². The van der Waals surface area contributed by atoms with Gasteiger partial charge >= 0.3 is 0 Å². The third kappa shape index (κ3) is 4.90. The molecule has 0 heterocycles. The second-order valence-corrected chi connectivity index (χ2v) is 5.45. The molecule has 0 saturated carbocycles. The predicted octanol–water partition coefficient (Wildman–Crippen LogP) is 6.26. The summed E-state index contributed by atoms with van der Waals surface area (Å²) in [5.74, 6) is 1.71. The third-order valence-electron chi connectivity index (χ3n) is 3.27. The van der Waals surface area contributed by atoms with Crippen molar-refractivity contribution in [2.24, 2.45) is 0 Å². The van der Waals surface area contributed by atoms with Crippen molar-refractivity contribution in [3.8, 4) is 11.5 Å². The number of ether oxygens (including phenoxy) is 1. The minimum absolute atomic E-state index is 0.724. The number of aryl methyl sites for hydroxylation is 1. The summed E-state index contributed by atoms with van der Waals surface area (Å²) in [7, 11) is 0. The van der Waals surface area contributed by atoms with E-state index in [0.29, 0.717) is 0 Å². The SMILES string of the molecule is CCCCCCc1cccc(Oc2ccc(Cl)cc2)c1. The van der Waals surface area contributed by atoms with Crippen molar-refractivity contribution < 1.29 is 4.74 Å². The maximum Gasteiger partial charge on any atom is 0.127 e. The first-order valence-electron chi connectivity index (χ1n) is 7.30. The van der Waals surface area contributed by atoms with Crippen LogP contribution in [0.15, 0.2) is 48.5 Å². The molecule has 0 unspecified atom stereocenters. The zero-order valence-corrected chi connectivity index (χ0v) is 12.7. The van der Waals surface area contributed by atoms with Crippen LogP contribution in [0.1, 0.15) is 38.2 Å². The van der Waals surface area contributed by atoms with Crippen LogP contribution in [0.2, 0.25) is 5.02 Å². The van der Waals surface area contributed by atoms with Gasteiger partial charge in [-0.25, -0.2) is 0 Å². The Morgan fingerprint density at radius 3 is 2.45 bits per heavy atom. The molecule has 0 bridgehead atoms. The minimum atomic E-state index is 0.724. The van der Waals surface area contributed by atoms with E-state index in [-0.39, 0.29) is 0 Å². The van der Waals surface area contributed by atoms with Gasteiger partial charge in [-0.05, 0) is 54.8 Å². The summed E-state index contributed by atoms with van der Waals surface area (Å²) in [5.41, 5.74) is 1.34. The van der Waals surface area contributed by atoms with Gasteiger partial charge < -0.3 is 4.74 Å². The molecule has 106 valence electrons. The number of unbranched alkanes of at least 4 members (excludes halogenated alkanes) is 3. The highest BCUT2D eigenvalue weighted by Gasteiger charge is 2.00. The van der Waals surface area contributed by atoms with Gasteiger partial charge in [-0.2, -0.15) is 0 Å². The van der Waals surface area contributed by atoms with Crippen LogP contribution in [0, 0.1) is 0 Å². The molecule has 2 rings (SSSR count). The Bertz CT molecular complexity index is 519. The quantitative estimate of drug-likeness (QED) is 0.547. The second-order valence-electron chi connectivity index (χ2n) is 5.01. The molecule has 0 amide bonds. The molecule has 2 aromatic carbocycles. The maximum absolute atomic E-state index is 5.87. The van der Waals surface area contributed by atoms with Crippen molar-refractivity contribution in [1.29, 1.82) is 0 Å². The molecule has 0 atom stereocenters. The van der Waals surface area contributed by atoms with Crippen LogP contribution in [-0.2, 0) is 6.42 Å². The van der Waals surface area contributed by atoms with Crippen LogP contribution in [-0.4, -0.2) is 0 Å². The number of hydrogen-bond acceptors (Lipinski definition) is 1. The van der Waals surface area contributed by atoms with Crippen LogP contribution >= 0.6 is 11.6 Å². The fourth-order valence-corrected chi connectivity index (χ4v) is 2.29. The van der Waals surface area contributed by atoms with Gasteiger partial charge in [0.25, 0.3) is 0 Å². The van der Waals surface area contributed by atoms with E-state index in [4.69, 9.17) is 16.3 Å². The van der Waals surface area contributed by atoms with Crippen molar-refractivity contribution in [2.75, 3.05) is 0 Å². The lowest BCUT2D eigenvalue weighted by Gasteiger charge is -2.08. The molecule has 0 aliphatic carbocycles. The summed E-state index contributed by atoms with van der Waals surface area (Å²) in [6.45, 7) is 2.24. The molecule has 0 N–H and O–H groups in total. The van der Waals surface area contributed by atoms with Crippen molar-refractivity contribution in [1.82, 2.24) is 0 Å². The van der Waals surface area contributed by atoms with Crippen LogP contribution in [0.3, 0.4) is 0 Å². The number of rotatable bonds is 7. The molecule has 1 nitrogen and oxygen atoms in total. The Morgan fingerprint density at radius 1 is 0.900 bits per heavy atom. The van der Waals surface area contributed by atoms with E-state index in [0.717, 1.165) is 22.9 Å². The van der Waals surface area contributed by atoms with E-state index in [9.17, 15) is 0 Å². The molecule has 20 heavy (non-hydrogen) atoms. The first-order valence-corrected chi connectivity index (χ1v) is 7.68. The fraction of sp³-hybridized carbons (Fsp3) is 0.333. The average Bonchev–Trinajstić information content (AvgIpc) is 2.47. The summed E-state index contributed by atoms with van der Waals surface area (Å²) in [4.78, 5) is 0. The van der Waals surface area contributed by atoms with Gasteiger partial charge in [-0.15, -0.1) is 0 Å². The van der Waals surface area contributed by atoms with Crippen LogP contribution in [0.25, 0.3) is 0 Å². The Hall–Kier alpha value is -1.47. The highest BCUT2D eigenvalue weighted by Crippen LogP contribution is 2.24. The molecule has 2 aromatic rings. The van der Waals surface area contributed by atoms with Crippen LogP contribution in [0.5, 0.6) is 11.5 Å². The standard InChI is InChI=1S/C18H21ClO/c1-2-3-4-5-7-15-8-6-9-18(14-15)20-17-12-10-16(19)11-13-17/h6,8-14H,2-5,7H2,1H3. The molecule has 0 aliphatic rings. The zero-order chi connectivity index (χ0) is 14.2. The first-order chi connectivity index (χ1) is 9.78. The van der Waals surface area contributed by atoms with Gasteiger partial charge in [0.1, 0.15) is 11.5 Å². The molecule has 0 saturated heterocycles. The van der Waals surface area contributed by atoms with Crippen molar-refractivity contribution in [3.05, 3.63) is 59.1 Å². The van der Waals surface area contributed by atoms with Gasteiger partial charge in [0.2, 0.25) is 0 Å². The summed E-state index contributed by atoms with van der Waals surface area (Å²) < 4.78 is 5.84. The number of hydrogen-bond donors (Lipinski definition) is 0. The van der Waals surface area contributed by atoms with E-state index >= 15 is 0 Å². The Morgan fingerprint density at radius 2 is 1.70 bits per heavy atom. The molecule has 0 aromatic heterocycles. The van der Waals surface area contributed by atoms with Crippen molar-refractivity contribution in [3.63, 3.8) is 0 Å². The molecule has 0 radical (unpaired) electrons. The summed E-state index contributed by atoms with van der Waals surface area (Å²) >= 11 is 5.87. The molecule has 0 fully saturated rings. The number of halogens is 1.